The Morgan fingerprint density at radius 2 is 1.61 bits per heavy atom. The number of halogens is 6. The summed E-state index contributed by atoms with van der Waals surface area (Å²) in [6.45, 7) is 4.48. The van der Waals surface area contributed by atoms with Crippen molar-refractivity contribution in [2.75, 3.05) is 23.3 Å². The summed E-state index contributed by atoms with van der Waals surface area (Å²) in [5, 5.41) is 10.6. The van der Waals surface area contributed by atoms with Gasteiger partial charge in [-0.05, 0) is 38.1 Å². The van der Waals surface area contributed by atoms with Crippen molar-refractivity contribution in [3.63, 3.8) is 0 Å². The van der Waals surface area contributed by atoms with E-state index in [9.17, 15) is 26.3 Å². The van der Waals surface area contributed by atoms with E-state index in [1.54, 1.807) is 18.7 Å². The molecule has 0 aromatic carbocycles. The van der Waals surface area contributed by atoms with Gasteiger partial charge in [0, 0.05) is 25.5 Å². The molecular weight excluding hydrogens is 490 g/mol. The van der Waals surface area contributed by atoms with E-state index < -0.39 is 29.2 Å². The largest absolute Gasteiger partial charge is 0.418 e. The molecule has 188 valence electrons. The predicted molar refractivity (Wildman–Crippen MR) is 119 cm³/mol. The molecule has 4 aromatic rings. The highest BCUT2D eigenvalue weighted by molar-refractivity contribution is 5.87. The summed E-state index contributed by atoms with van der Waals surface area (Å²) < 4.78 is 79.9. The van der Waals surface area contributed by atoms with E-state index in [4.69, 9.17) is 0 Å². The van der Waals surface area contributed by atoms with Crippen molar-refractivity contribution in [3.05, 3.63) is 54.0 Å². The molecule has 0 aliphatic heterocycles. The highest BCUT2D eigenvalue weighted by atomic mass is 19.4. The summed E-state index contributed by atoms with van der Waals surface area (Å²) in [7, 11) is 0. The van der Waals surface area contributed by atoms with Crippen molar-refractivity contribution in [2.24, 2.45) is 0 Å². The summed E-state index contributed by atoms with van der Waals surface area (Å²) in [4.78, 5) is 17.8. The lowest BCUT2D eigenvalue weighted by Crippen LogP contribution is -2.24. The zero-order valence-corrected chi connectivity index (χ0v) is 18.9. The average molecular weight is 508 g/mol. The lowest BCUT2D eigenvalue weighted by Gasteiger charge is -2.21. The normalized spacial score (nSPS) is 12.1. The van der Waals surface area contributed by atoms with Crippen LogP contribution in [0.5, 0.6) is 0 Å². The van der Waals surface area contributed by atoms with Crippen LogP contribution in [0.1, 0.15) is 25.0 Å². The monoisotopic (exact) mass is 508 g/mol. The summed E-state index contributed by atoms with van der Waals surface area (Å²) in [6.07, 6.45) is -6.15. The first kappa shape index (κ1) is 25.0. The lowest BCUT2D eigenvalue weighted by atomic mass is 10.1. The summed E-state index contributed by atoms with van der Waals surface area (Å²) in [5.74, 6) is 0.178. The number of pyridine rings is 2. The van der Waals surface area contributed by atoms with Crippen LogP contribution in [-0.2, 0) is 12.4 Å². The Bertz CT molecular complexity index is 1370. The fourth-order valence-corrected chi connectivity index (χ4v) is 3.40. The molecule has 14 heteroatoms. The Morgan fingerprint density at radius 1 is 0.861 bits per heavy atom. The van der Waals surface area contributed by atoms with E-state index in [1.807, 2.05) is 0 Å². The molecule has 0 saturated heterocycles. The fourth-order valence-electron chi connectivity index (χ4n) is 3.40. The van der Waals surface area contributed by atoms with E-state index in [0.717, 1.165) is 24.4 Å². The van der Waals surface area contributed by atoms with Crippen molar-refractivity contribution >= 4 is 28.5 Å². The maximum atomic E-state index is 13.9. The molecule has 0 aliphatic carbocycles. The second kappa shape index (κ2) is 9.51. The first-order valence-corrected chi connectivity index (χ1v) is 10.6. The molecule has 0 radical (unpaired) electrons. The van der Waals surface area contributed by atoms with Gasteiger partial charge in [0.2, 0.25) is 0 Å². The fraction of sp³-hybridized carbons (Fsp3) is 0.273. The molecule has 0 saturated carbocycles. The van der Waals surface area contributed by atoms with Crippen LogP contribution in [0.2, 0.25) is 0 Å². The third-order valence-electron chi connectivity index (χ3n) is 5.22. The van der Waals surface area contributed by atoms with Gasteiger partial charge < -0.3 is 10.2 Å². The van der Waals surface area contributed by atoms with Gasteiger partial charge in [0.25, 0.3) is 0 Å². The number of alkyl halides is 6. The third kappa shape index (κ3) is 5.11. The second-order valence-electron chi connectivity index (χ2n) is 7.48. The summed E-state index contributed by atoms with van der Waals surface area (Å²) in [6, 6.07) is 4.40. The molecule has 4 rings (SSSR count). The van der Waals surface area contributed by atoms with Crippen LogP contribution in [0.25, 0.3) is 22.6 Å². The lowest BCUT2D eigenvalue weighted by molar-refractivity contribution is -0.138. The van der Waals surface area contributed by atoms with E-state index >= 15 is 0 Å². The predicted octanol–water partition coefficient (Wildman–Crippen LogP) is 5.50. The molecular formula is C22H18F6N8. The number of anilines is 3. The molecule has 0 fully saturated rings. The number of fused-ring (bicyclic) bond motifs is 1. The molecule has 0 atom stereocenters. The minimum Gasteiger partial charge on any atom is -0.356 e. The molecule has 4 aromatic heterocycles. The van der Waals surface area contributed by atoms with E-state index in [1.165, 1.54) is 12.3 Å². The molecule has 1 N–H and O–H groups in total. The molecule has 8 nitrogen and oxygen atoms in total. The van der Waals surface area contributed by atoms with Crippen molar-refractivity contribution < 1.29 is 26.3 Å². The van der Waals surface area contributed by atoms with Gasteiger partial charge in [-0.15, -0.1) is 10.2 Å². The van der Waals surface area contributed by atoms with E-state index in [-0.39, 0.29) is 28.5 Å². The number of nitrogens with one attached hydrogen (secondary N) is 1. The first-order valence-electron chi connectivity index (χ1n) is 10.6. The van der Waals surface area contributed by atoms with Gasteiger partial charge in [-0.1, -0.05) is 0 Å². The Kier molecular flexibility index (Phi) is 6.61. The van der Waals surface area contributed by atoms with Crippen LogP contribution >= 0.6 is 0 Å². The molecule has 0 aliphatic rings. The zero-order chi connectivity index (χ0) is 26.1. The van der Waals surface area contributed by atoms with Gasteiger partial charge in [0.05, 0.1) is 23.0 Å². The van der Waals surface area contributed by atoms with Crippen LogP contribution in [0.15, 0.2) is 42.9 Å². The number of nitrogens with zero attached hydrogens (tertiary/aromatic N) is 7. The Balaban J connectivity index is 1.72. The summed E-state index contributed by atoms with van der Waals surface area (Å²) in [5.41, 5.74) is -2.16. The van der Waals surface area contributed by atoms with Gasteiger partial charge in [-0.3, -0.25) is 0 Å². The molecule has 0 bridgehead atoms. The molecule has 0 unspecified atom stereocenters. The van der Waals surface area contributed by atoms with Gasteiger partial charge in [0.1, 0.15) is 22.7 Å². The van der Waals surface area contributed by atoms with Gasteiger partial charge in [-0.2, -0.15) is 26.3 Å². The van der Waals surface area contributed by atoms with Crippen molar-refractivity contribution in [3.8, 4) is 11.4 Å². The van der Waals surface area contributed by atoms with Crippen molar-refractivity contribution in [1.29, 1.82) is 0 Å². The van der Waals surface area contributed by atoms with Crippen LogP contribution in [-0.4, -0.2) is 43.2 Å². The van der Waals surface area contributed by atoms with Crippen molar-refractivity contribution in [2.45, 2.75) is 26.2 Å². The minimum absolute atomic E-state index is 0.00726. The zero-order valence-electron chi connectivity index (χ0n) is 18.9. The SMILES string of the molecule is CCN(CC)c1cc(C(F)(F)F)c(-c2cnc3c(Nc4ccc(C(F)(F)F)cn4)ccnc3n2)nn1. The Hall–Kier alpha value is -4.10. The summed E-state index contributed by atoms with van der Waals surface area (Å²) >= 11 is 0. The highest BCUT2D eigenvalue weighted by Gasteiger charge is 2.36. The maximum Gasteiger partial charge on any atom is 0.418 e. The Morgan fingerprint density at radius 3 is 2.22 bits per heavy atom. The average Bonchev–Trinajstić information content (AvgIpc) is 2.84. The van der Waals surface area contributed by atoms with E-state index in [2.05, 4.69) is 35.5 Å². The van der Waals surface area contributed by atoms with E-state index in [0.29, 0.717) is 25.0 Å². The van der Waals surface area contributed by atoms with Crippen LogP contribution in [0, 0.1) is 0 Å². The van der Waals surface area contributed by atoms with Gasteiger partial charge in [0.15, 0.2) is 11.5 Å². The van der Waals surface area contributed by atoms with Crippen molar-refractivity contribution in [1.82, 2.24) is 30.1 Å². The smallest absolute Gasteiger partial charge is 0.356 e. The topological polar surface area (TPSA) is 92.6 Å². The second-order valence-corrected chi connectivity index (χ2v) is 7.48. The van der Waals surface area contributed by atoms with Crippen LogP contribution in [0.3, 0.4) is 0 Å². The van der Waals surface area contributed by atoms with Crippen LogP contribution < -0.4 is 10.2 Å². The molecule has 36 heavy (non-hydrogen) atoms. The molecule has 4 heterocycles. The molecule has 0 amide bonds. The standard InChI is InChI=1S/C22H18F6N8/c1-3-36(4-2)17-9-13(22(26,27)28)18(35-34-17)15-11-31-19-14(7-8-29-20(19)33-15)32-16-6-5-12(10-30-16)21(23,24)25/h5-11H,3-4H2,1-2H3,(H,29,30,32,33). The number of rotatable bonds is 6. The third-order valence-corrected chi connectivity index (χ3v) is 5.22. The Labute approximate surface area is 200 Å². The highest BCUT2D eigenvalue weighted by Crippen LogP contribution is 2.37. The maximum absolute atomic E-state index is 13.9. The molecule has 0 spiro atoms. The van der Waals surface area contributed by atoms with Gasteiger partial charge >= 0.3 is 12.4 Å². The number of hydrogen-bond donors (Lipinski definition) is 1. The number of hydrogen-bond acceptors (Lipinski definition) is 8. The quantitative estimate of drug-likeness (QED) is 0.341. The van der Waals surface area contributed by atoms with Gasteiger partial charge in [-0.25, -0.2) is 19.9 Å². The number of aromatic nitrogens is 6. The van der Waals surface area contributed by atoms with Crippen LogP contribution in [0.4, 0.5) is 43.7 Å². The minimum atomic E-state index is -4.73. The first-order chi connectivity index (χ1) is 17.0.